The van der Waals surface area contributed by atoms with Crippen molar-refractivity contribution in [3.63, 3.8) is 0 Å². The minimum atomic E-state index is -0.170. The summed E-state index contributed by atoms with van der Waals surface area (Å²) < 4.78 is 5.09. The first-order valence-electron chi connectivity index (χ1n) is 6.80. The van der Waals surface area contributed by atoms with Gasteiger partial charge < -0.3 is 15.8 Å². The molecule has 0 bridgehead atoms. The van der Waals surface area contributed by atoms with E-state index < -0.39 is 0 Å². The number of pyridine rings is 1. The Balaban J connectivity index is 1.83. The molecule has 2 heterocycles. The summed E-state index contributed by atoms with van der Waals surface area (Å²) in [7, 11) is 1.58. The van der Waals surface area contributed by atoms with E-state index in [1.807, 2.05) is 18.2 Å². The second-order valence-corrected chi connectivity index (χ2v) is 5.63. The summed E-state index contributed by atoms with van der Waals surface area (Å²) in [6.45, 7) is 0. The van der Waals surface area contributed by atoms with Crippen LogP contribution in [0.4, 0.5) is 16.8 Å². The molecule has 1 aromatic carbocycles. The van der Waals surface area contributed by atoms with Crippen molar-refractivity contribution < 1.29 is 9.53 Å². The molecule has 3 rings (SSSR count). The number of carbonyl (C=O) groups is 1. The number of methoxy groups -OCH3 is 1. The van der Waals surface area contributed by atoms with E-state index in [1.165, 1.54) is 11.3 Å². The van der Waals surface area contributed by atoms with Gasteiger partial charge in [0.15, 0.2) is 5.13 Å². The number of benzene rings is 1. The average molecular weight is 326 g/mol. The number of carbonyl (C=O) groups excluding carboxylic acids is 1. The number of nitrogens with two attached hydrogens (primary N) is 1. The summed E-state index contributed by atoms with van der Waals surface area (Å²) in [4.78, 5) is 21.3. The van der Waals surface area contributed by atoms with E-state index >= 15 is 0 Å². The van der Waals surface area contributed by atoms with Gasteiger partial charge in [0, 0.05) is 11.8 Å². The molecule has 3 N–H and O–H groups in total. The van der Waals surface area contributed by atoms with Gasteiger partial charge in [-0.3, -0.25) is 4.79 Å². The van der Waals surface area contributed by atoms with Crippen molar-refractivity contribution >= 4 is 33.9 Å². The predicted octanol–water partition coefficient (Wildman–Crippen LogP) is 3.10. The summed E-state index contributed by atoms with van der Waals surface area (Å²) >= 11 is 1.20. The highest BCUT2D eigenvalue weighted by Gasteiger charge is 2.18. The number of aromatic nitrogens is 2. The topological polar surface area (TPSA) is 90.1 Å². The van der Waals surface area contributed by atoms with Crippen LogP contribution in [0.3, 0.4) is 0 Å². The molecule has 0 saturated heterocycles. The number of thiazole rings is 1. The van der Waals surface area contributed by atoms with Gasteiger partial charge in [0.2, 0.25) is 5.78 Å². The van der Waals surface area contributed by atoms with Gasteiger partial charge in [-0.2, -0.15) is 0 Å². The maximum Gasteiger partial charge on any atom is 0.206 e. The molecule has 6 nitrogen and oxygen atoms in total. The molecule has 0 atom stereocenters. The minimum Gasteiger partial charge on any atom is -0.497 e. The van der Waals surface area contributed by atoms with Gasteiger partial charge >= 0.3 is 0 Å². The lowest BCUT2D eigenvalue weighted by Gasteiger charge is -2.01. The Morgan fingerprint density at radius 2 is 2.00 bits per heavy atom. The van der Waals surface area contributed by atoms with Crippen LogP contribution in [0, 0.1) is 0 Å². The monoisotopic (exact) mass is 326 g/mol. The van der Waals surface area contributed by atoms with Crippen molar-refractivity contribution in [1.82, 2.24) is 9.97 Å². The van der Waals surface area contributed by atoms with Crippen LogP contribution in [0.5, 0.6) is 5.75 Å². The van der Waals surface area contributed by atoms with Gasteiger partial charge in [-0.15, -0.1) is 0 Å². The van der Waals surface area contributed by atoms with Crippen LogP contribution in [0.15, 0.2) is 48.7 Å². The molecule has 0 aliphatic carbocycles. The first-order valence-corrected chi connectivity index (χ1v) is 7.62. The molecule has 0 fully saturated rings. The zero-order chi connectivity index (χ0) is 16.2. The molecule has 23 heavy (non-hydrogen) atoms. The first-order chi connectivity index (χ1) is 11.2. The second kappa shape index (κ2) is 6.45. The number of hydrogen-bond acceptors (Lipinski definition) is 7. The molecule has 0 aliphatic heterocycles. The molecule has 0 radical (unpaired) electrons. The lowest BCUT2D eigenvalue weighted by molar-refractivity contribution is 0.104. The highest BCUT2D eigenvalue weighted by molar-refractivity contribution is 7.18. The van der Waals surface area contributed by atoms with Crippen LogP contribution >= 0.6 is 11.3 Å². The van der Waals surface area contributed by atoms with E-state index in [0.717, 1.165) is 0 Å². The van der Waals surface area contributed by atoms with Gasteiger partial charge in [-0.1, -0.05) is 17.4 Å². The molecule has 0 unspecified atom stereocenters. The molecule has 3 aromatic rings. The van der Waals surface area contributed by atoms with Crippen molar-refractivity contribution in [2.45, 2.75) is 0 Å². The Hall–Kier alpha value is -2.93. The molecule has 0 aliphatic rings. The first kappa shape index (κ1) is 15.0. The number of anilines is 3. The van der Waals surface area contributed by atoms with Crippen LogP contribution in [0.25, 0.3) is 0 Å². The molecule has 2 aromatic heterocycles. The van der Waals surface area contributed by atoms with Gasteiger partial charge in [0.25, 0.3) is 0 Å². The highest BCUT2D eigenvalue weighted by Crippen LogP contribution is 2.29. The standard InChI is InChI=1S/C16H14N4O2S/c1-22-11-7-5-10(6-8-11)13(21)14-15(17)20-16(23-14)19-12-4-2-3-9-18-12/h2-9H,17H2,1H3,(H,18,19,20). The number of nitrogen functional groups attached to an aromatic ring is 1. The Bertz CT molecular complexity index is 816. The minimum absolute atomic E-state index is 0.170. The quantitative estimate of drug-likeness (QED) is 0.700. The lowest BCUT2D eigenvalue weighted by atomic mass is 10.1. The third kappa shape index (κ3) is 3.29. The summed E-state index contributed by atoms with van der Waals surface area (Å²) in [5.74, 6) is 1.37. The van der Waals surface area contributed by atoms with Crippen LogP contribution in [0.1, 0.15) is 15.2 Å². The van der Waals surface area contributed by atoms with Gasteiger partial charge in [0.05, 0.1) is 7.11 Å². The summed E-state index contributed by atoms with van der Waals surface area (Å²) in [5, 5.41) is 3.56. The molecule has 0 amide bonds. The fraction of sp³-hybridized carbons (Fsp3) is 0.0625. The van der Waals surface area contributed by atoms with Crippen LogP contribution in [-0.4, -0.2) is 22.9 Å². The Labute approximate surface area is 137 Å². The summed E-state index contributed by atoms with van der Waals surface area (Å²) in [6, 6.07) is 12.4. The van der Waals surface area contributed by atoms with Crippen LogP contribution < -0.4 is 15.8 Å². The molecular formula is C16H14N4O2S. The average Bonchev–Trinajstić information content (AvgIpc) is 2.95. The van der Waals surface area contributed by atoms with Crippen molar-refractivity contribution in [1.29, 1.82) is 0 Å². The maximum atomic E-state index is 12.5. The van der Waals surface area contributed by atoms with Crippen molar-refractivity contribution in [2.75, 3.05) is 18.2 Å². The largest absolute Gasteiger partial charge is 0.497 e. The van der Waals surface area contributed by atoms with Gasteiger partial charge in [-0.25, -0.2) is 9.97 Å². The Morgan fingerprint density at radius 3 is 2.65 bits per heavy atom. The number of ketones is 1. The van der Waals surface area contributed by atoms with E-state index in [4.69, 9.17) is 10.5 Å². The van der Waals surface area contributed by atoms with E-state index in [0.29, 0.717) is 27.1 Å². The fourth-order valence-corrected chi connectivity index (χ4v) is 2.82. The van der Waals surface area contributed by atoms with Gasteiger partial charge in [-0.05, 0) is 36.4 Å². The number of hydrogen-bond donors (Lipinski definition) is 2. The molecule has 0 spiro atoms. The predicted molar refractivity (Wildman–Crippen MR) is 90.5 cm³/mol. The third-order valence-electron chi connectivity index (χ3n) is 3.11. The van der Waals surface area contributed by atoms with Crippen molar-refractivity contribution in [2.24, 2.45) is 0 Å². The summed E-state index contributed by atoms with van der Waals surface area (Å²) in [5.41, 5.74) is 6.42. The number of nitrogens with one attached hydrogen (secondary N) is 1. The third-order valence-corrected chi connectivity index (χ3v) is 4.10. The van der Waals surface area contributed by atoms with E-state index in [9.17, 15) is 4.79 Å². The normalized spacial score (nSPS) is 10.3. The SMILES string of the molecule is COc1ccc(C(=O)c2sc(Nc3ccccn3)nc2N)cc1. The van der Waals surface area contributed by atoms with E-state index in [-0.39, 0.29) is 11.6 Å². The van der Waals surface area contributed by atoms with Crippen molar-refractivity contribution in [3.8, 4) is 5.75 Å². The van der Waals surface area contributed by atoms with E-state index in [2.05, 4.69) is 15.3 Å². The smallest absolute Gasteiger partial charge is 0.206 e. The number of nitrogens with zero attached hydrogens (tertiary/aromatic N) is 2. The van der Waals surface area contributed by atoms with E-state index in [1.54, 1.807) is 37.6 Å². The van der Waals surface area contributed by atoms with Crippen molar-refractivity contribution in [3.05, 3.63) is 59.1 Å². The van der Waals surface area contributed by atoms with Crippen LogP contribution in [0.2, 0.25) is 0 Å². The second-order valence-electron chi connectivity index (χ2n) is 4.63. The molecular weight excluding hydrogens is 312 g/mol. The number of ether oxygens (including phenoxy) is 1. The lowest BCUT2D eigenvalue weighted by Crippen LogP contribution is -2.02. The molecule has 116 valence electrons. The zero-order valence-electron chi connectivity index (χ0n) is 12.3. The Morgan fingerprint density at radius 1 is 1.22 bits per heavy atom. The fourth-order valence-electron chi connectivity index (χ4n) is 1.97. The number of rotatable bonds is 5. The van der Waals surface area contributed by atoms with Crippen LogP contribution in [-0.2, 0) is 0 Å². The van der Waals surface area contributed by atoms with Gasteiger partial charge in [0.1, 0.15) is 22.3 Å². The Kier molecular flexibility index (Phi) is 4.20. The highest BCUT2D eigenvalue weighted by atomic mass is 32.1. The zero-order valence-corrected chi connectivity index (χ0v) is 13.1. The summed E-state index contributed by atoms with van der Waals surface area (Å²) in [6.07, 6.45) is 1.67. The molecule has 7 heteroatoms. The maximum absolute atomic E-state index is 12.5. The molecule has 0 saturated carbocycles.